The maximum Gasteiger partial charge on any atom is 0.219 e. The van der Waals surface area contributed by atoms with E-state index in [2.05, 4.69) is 22.4 Å². The summed E-state index contributed by atoms with van der Waals surface area (Å²) >= 11 is 0. The van der Waals surface area contributed by atoms with Crippen LogP contribution in [-0.2, 0) is 17.6 Å². The Hall–Kier alpha value is -0.940. The molecule has 1 aromatic rings. The zero-order chi connectivity index (χ0) is 11.9. The van der Waals surface area contributed by atoms with Gasteiger partial charge in [0, 0.05) is 13.0 Å². The monoisotopic (exact) mass is 239 g/mol. The first-order valence-corrected chi connectivity index (χ1v) is 6.52. The van der Waals surface area contributed by atoms with Crippen LogP contribution in [0.15, 0.2) is 4.42 Å². The highest BCUT2D eigenvalue weighted by Gasteiger charge is 2.19. The summed E-state index contributed by atoms with van der Waals surface area (Å²) in [5.74, 6) is 1.46. The van der Waals surface area contributed by atoms with Crippen molar-refractivity contribution < 1.29 is 9.15 Å². The highest BCUT2D eigenvalue weighted by atomic mass is 16.5. The quantitative estimate of drug-likeness (QED) is 0.727. The van der Waals surface area contributed by atoms with Crippen LogP contribution in [0.3, 0.4) is 0 Å². The molecular formula is C12H21N3O2. The maximum absolute atomic E-state index is 5.60. The topological polar surface area (TPSA) is 60.2 Å². The van der Waals surface area contributed by atoms with Crippen molar-refractivity contribution in [3.8, 4) is 0 Å². The Balaban J connectivity index is 1.71. The molecule has 2 heterocycles. The van der Waals surface area contributed by atoms with E-state index in [1.807, 2.05) is 0 Å². The molecule has 1 aliphatic heterocycles. The summed E-state index contributed by atoms with van der Waals surface area (Å²) in [6, 6.07) is 0. The van der Waals surface area contributed by atoms with Crippen molar-refractivity contribution in [3.05, 3.63) is 11.8 Å². The molecule has 5 nitrogen and oxygen atoms in total. The second-order valence-corrected chi connectivity index (χ2v) is 4.39. The summed E-state index contributed by atoms with van der Waals surface area (Å²) < 4.78 is 11.1. The SMILES string of the molecule is CCNCCCc1nnc(CC2CCCO2)o1. The first kappa shape index (κ1) is 12.5. The molecule has 1 N–H and O–H groups in total. The van der Waals surface area contributed by atoms with Crippen LogP contribution in [0.1, 0.15) is 38.0 Å². The summed E-state index contributed by atoms with van der Waals surface area (Å²) in [5.41, 5.74) is 0. The van der Waals surface area contributed by atoms with Gasteiger partial charge in [-0.1, -0.05) is 6.92 Å². The fourth-order valence-corrected chi connectivity index (χ4v) is 2.01. The van der Waals surface area contributed by atoms with Gasteiger partial charge in [-0.3, -0.25) is 0 Å². The molecule has 0 aliphatic carbocycles. The molecule has 0 spiro atoms. The number of rotatable bonds is 7. The van der Waals surface area contributed by atoms with Crippen molar-refractivity contribution >= 4 is 0 Å². The van der Waals surface area contributed by atoms with Gasteiger partial charge in [0.25, 0.3) is 0 Å². The first-order chi connectivity index (χ1) is 8.38. The average Bonchev–Trinajstić information content (AvgIpc) is 2.97. The molecule has 5 heteroatoms. The molecule has 1 aromatic heterocycles. The molecule has 2 rings (SSSR count). The standard InChI is InChI=1S/C12H21N3O2/c1-2-13-7-3-6-11-14-15-12(17-11)9-10-5-4-8-16-10/h10,13H,2-9H2,1H3. The molecule has 96 valence electrons. The molecule has 0 bridgehead atoms. The smallest absolute Gasteiger partial charge is 0.219 e. The molecule has 1 fully saturated rings. The third kappa shape index (κ3) is 4.09. The second-order valence-electron chi connectivity index (χ2n) is 4.39. The number of hydrogen-bond acceptors (Lipinski definition) is 5. The first-order valence-electron chi connectivity index (χ1n) is 6.52. The van der Waals surface area contributed by atoms with Gasteiger partial charge in [-0.15, -0.1) is 10.2 Å². The van der Waals surface area contributed by atoms with Crippen LogP contribution in [0, 0.1) is 0 Å². The molecular weight excluding hydrogens is 218 g/mol. The zero-order valence-electron chi connectivity index (χ0n) is 10.4. The molecule has 1 saturated heterocycles. The van der Waals surface area contributed by atoms with E-state index < -0.39 is 0 Å². The van der Waals surface area contributed by atoms with Crippen LogP contribution >= 0.6 is 0 Å². The minimum atomic E-state index is 0.282. The van der Waals surface area contributed by atoms with Crippen molar-refractivity contribution in [1.29, 1.82) is 0 Å². The van der Waals surface area contributed by atoms with Gasteiger partial charge in [-0.05, 0) is 32.4 Å². The summed E-state index contributed by atoms with van der Waals surface area (Å²) in [6.45, 7) is 4.98. The summed E-state index contributed by atoms with van der Waals surface area (Å²) in [4.78, 5) is 0. The summed E-state index contributed by atoms with van der Waals surface area (Å²) in [7, 11) is 0. The van der Waals surface area contributed by atoms with Gasteiger partial charge in [0.15, 0.2) is 0 Å². The van der Waals surface area contributed by atoms with Gasteiger partial charge >= 0.3 is 0 Å². The Morgan fingerprint density at radius 3 is 3.00 bits per heavy atom. The lowest BCUT2D eigenvalue weighted by atomic mass is 10.2. The van der Waals surface area contributed by atoms with E-state index in [0.29, 0.717) is 0 Å². The van der Waals surface area contributed by atoms with Crippen molar-refractivity contribution in [3.63, 3.8) is 0 Å². The normalized spacial score (nSPS) is 19.9. The molecule has 0 aromatic carbocycles. The van der Waals surface area contributed by atoms with Crippen LogP contribution < -0.4 is 5.32 Å². The van der Waals surface area contributed by atoms with Crippen LogP contribution in [0.25, 0.3) is 0 Å². The number of hydrogen-bond donors (Lipinski definition) is 1. The summed E-state index contributed by atoms with van der Waals surface area (Å²) in [5, 5.41) is 11.4. The van der Waals surface area contributed by atoms with E-state index in [-0.39, 0.29) is 6.10 Å². The minimum Gasteiger partial charge on any atom is -0.425 e. The van der Waals surface area contributed by atoms with Crippen LogP contribution in [0.4, 0.5) is 0 Å². The molecule has 0 radical (unpaired) electrons. The third-order valence-corrected chi connectivity index (χ3v) is 2.93. The third-order valence-electron chi connectivity index (χ3n) is 2.93. The van der Waals surface area contributed by atoms with E-state index in [1.54, 1.807) is 0 Å². The number of nitrogens with zero attached hydrogens (tertiary/aromatic N) is 2. The second kappa shape index (κ2) is 6.71. The lowest BCUT2D eigenvalue weighted by Gasteiger charge is -2.04. The Kier molecular flexibility index (Phi) is 4.94. The van der Waals surface area contributed by atoms with E-state index in [4.69, 9.17) is 9.15 Å². The van der Waals surface area contributed by atoms with Crippen LogP contribution in [-0.4, -0.2) is 36.0 Å². The van der Waals surface area contributed by atoms with Gasteiger partial charge < -0.3 is 14.5 Å². The Morgan fingerprint density at radius 2 is 2.24 bits per heavy atom. The van der Waals surface area contributed by atoms with E-state index in [0.717, 1.165) is 63.6 Å². The van der Waals surface area contributed by atoms with Crippen molar-refractivity contribution in [2.45, 2.75) is 45.1 Å². The van der Waals surface area contributed by atoms with Crippen molar-refractivity contribution in [1.82, 2.24) is 15.5 Å². The van der Waals surface area contributed by atoms with Gasteiger partial charge in [-0.25, -0.2) is 0 Å². The van der Waals surface area contributed by atoms with E-state index in [9.17, 15) is 0 Å². The van der Waals surface area contributed by atoms with Gasteiger partial charge in [0.2, 0.25) is 11.8 Å². The number of aromatic nitrogens is 2. The van der Waals surface area contributed by atoms with E-state index >= 15 is 0 Å². The van der Waals surface area contributed by atoms with Gasteiger partial charge in [0.1, 0.15) is 0 Å². The molecule has 1 atom stereocenters. The Bertz CT molecular complexity index is 321. The largest absolute Gasteiger partial charge is 0.425 e. The lowest BCUT2D eigenvalue weighted by molar-refractivity contribution is 0.105. The molecule has 1 aliphatic rings. The predicted octanol–water partition coefficient (Wildman–Crippen LogP) is 1.33. The minimum absolute atomic E-state index is 0.282. The lowest BCUT2D eigenvalue weighted by Crippen LogP contribution is -2.14. The predicted molar refractivity (Wildman–Crippen MR) is 63.8 cm³/mol. The van der Waals surface area contributed by atoms with Crippen LogP contribution in [0.5, 0.6) is 0 Å². The Labute approximate surface area is 102 Å². The summed E-state index contributed by atoms with van der Waals surface area (Å²) in [6.07, 6.45) is 5.19. The van der Waals surface area contributed by atoms with E-state index in [1.165, 1.54) is 0 Å². The highest BCUT2D eigenvalue weighted by molar-refractivity contribution is 4.86. The van der Waals surface area contributed by atoms with Gasteiger partial charge in [-0.2, -0.15) is 0 Å². The highest BCUT2D eigenvalue weighted by Crippen LogP contribution is 2.16. The molecule has 1 unspecified atom stereocenters. The molecule has 0 saturated carbocycles. The van der Waals surface area contributed by atoms with Gasteiger partial charge in [0.05, 0.1) is 12.5 Å². The Morgan fingerprint density at radius 1 is 1.35 bits per heavy atom. The fraction of sp³-hybridized carbons (Fsp3) is 0.833. The van der Waals surface area contributed by atoms with Crippen molar-refractivity contribution in [2.24, 2.45) is 0 Å². The van der Waals surface area contributed by atoms with Crippen LogP contribution in [0.2, 0.25) is 0 Å². The maximum atomic E-state index is 5.60. The number of aryl methyl sites for hydroxylation is 1. The average molecular weight is 239 g/mol. The zero-order valence-corrected chi connectivity index (χ0v) is 10.4. The number of nitrogens with one attached hydrogen (secondary N) is 1. The number of ether oxygens (including phenoxy) is 1. The van der Waals surface area contributed by atoms with Crippen molar-refractivity contribution in [2.75, 3.05) is 19.7 Å². The molecule has 0 amide bonds. The molecule has 17 heavy (non-hydrogen) atoms. The fourth-order valence-electron chi connectivity index (χ4n) is 2.01.